The summed E-state index contributed by atoms with van der Waals surface area (Å²) < 4.78 is 22.7. The van der Waals surface area contributed by atoms with Crippen LogP contribution in [0.15, 0.2) is 57.2 Å². The number of benzene rings is 2. The third kappa shape index (κ3) is 3.52. The molecule has 2 N–H and O–H groups in total. The molecule has 0 heterocycles. The topological polar surface area (TPSA) is 60.2 Å². The van der Waals surface area contributed by atoms with Crippen molar-refractivity contribution in [2.24, 2.45) is 0 Å². The van der Waals surface area contributed by atoms with Crippen LogP contribution in [0.4, 0.5) is 5.69 Å². The van der Waals surface area contributed by atoms with Crippen molar-refractivity contribution in [2.75, 3.05) is 12.0 Å². The maximum absolute atomic E-state index is 11.4. The summed E-state index contributed by atoms with van der Waals surface area (Å²) in [7, 11) is -3.13. The third-order valence-corrected chi connectivity index (χ3v) is 4.85. The van der Waals surface area contributed by atoms with E-state index in [1.165, 1.54) is 6.26 Å². The van der Waals surface area contributed by atoms with Gasteiger partial charge in [-0.3, -0.25) is 0 Å². The van der Waals surface area contributed by atoms with E-state index in [2.05, 4.69) is 0 Å². The smallest absolute Gasteiger partial charge is 0.175 e. The van der Waals surface area contributed by atoms with Crippen LogP contribution < -0.4 is 5.73 Å². The number of rotatable bonds is 3. The highest BCUT2D eigenvalue weighted by atomic mass is 32.2. The second kappa shape index (κ2) is 5.27. The van der Waals surface area contributed by atoms with Crippen molar-refractivity contribution in [2.45, 2.75) is 21.6 Å². The molecule has 100 valence electrons. The number of nitrogens with two attached hydrogens (primary N) is 1. The van der Waals surface area contributed by atoms with E-state index in [-0.39, 0.29) is 0 Å². The van der Waals surface area contributed by atoms with E-state index in [1.807, 2.05) is 37.3 Å². The Morgan fingerprint density at radius 2 is 1.58 bits per heavy atom. The molecule has 2 aromatic carbocycles. The molecule has 2 aromatic rings. The van der Waals surface area contributed by atoms with Crippen LogP contribution in [0.2, 0.25) is 0 Å². The number of nitrogen functional groups attached to an aromatic ring is 1. The third-order valence-electron chi connectivity index (χ3n) is 2.73. The fourth-order valence-electron chi connectivity index (χ4n) is 1.60. The molecule has 0 aromatic heterocycles. The van der Waals surface area contributed by atoms with Gasteiger partial charge >= 0.3 is 0 Å². The van der Waals surface area contributed by atoms with Gasteiger partial charge in [0.2, 0.25) is 0 Å². The summed E-state index contributed by atoms with van der Waals surface area (Å²) in [4.78, 5) is 2.42. The van der Waals surface area contributed by atoms with Gasteiger partial charge in [-0.05, 0) is 55.0 Å². The lowest BCUT2D eigenvalue weighted by Crippen LogP contribution is -1.95. The number of hydrogen-bond donors (Lipinski definition) is 1. The van der Waals surface area contributed by atoms with Crippen LogP contribution in [-0.2, 0) is 9.84 Å². The molecule has 0 spiro atoms. The van der Waals surface area contributed by atoms with Crippen LogP contribution in [0, 0.1) is 6.92 Å². The number of anilines is 1. The first kappa shape index (κ1) is 14.0. The normalized spacial score (nSPS) is 11.5. The lowest BCUT2D eigenvalue weighted by molar-refractivity contribution is 0.602. The quantitative estimate of drug-likeness (QED) is 0.883. The van der Waals surface area contributed by atoms with Gasteiger partial charge in [0.1, 0.15) is 0 Å². The average Bonchev–Trinajstić information content (AvgIpc) is 2.33. The Bertz CT molecular complexity index is 692. The maximum Gasteiger partial charge on any atom is 0.175 e. The molecule has 0 saturated carbocycles. The van der Waals surface area contributed by atoms with Crippen LogP contribution >= 0.6 is 11.8 Å². The highest BCUT2D eigenvalue weighted by molar-refractivity contribution is 7.99. The first-order valence-electron chi connectivity index (χ1n) is 5.70. The Morgan fingerprint density at radius 3 is 2.11 bits per heavy atom. The largest absolute Gasteiger partial charge is 0.399 e. The molecule has 19 heavy (non-hydrogen) atoms. The summed E-state index contributed by atoms with van der Waals surface area (Å²) in [6.45, 7) is 1.96. The average molecular weight is 293 g/mol. The number of aryl methyl sites for hydroxylation is 1. The molecule has 0 unspecified atom stereocenters. The number of sulfone groups is 1. The van der Waals surface area contributed by atoms with Crippen LogP contribution in [0.25, 0.3) is 0 Å². The second-order valence-corrected chi connectivity index (χ2v) is 7.53. The van der Waals surface area contributed by atoms with Crippen molar-refractivity contribution in [3.63, 3.8) is 0 Å². The van der Waals surface area contributed by atoms with E-state index >= 15 is 0 Å². The van der Waals surface area contributed by atoms with Crippen molar-refractivity contribution in [1.82, 2.24) is 0 Å². The van der Waals surface area contributed by atoms with Gasteiger partial charge in [0.15, 0.2) is 9.84 Å². The van der Waals surface area contributed by atoms with Gasteiger partial charge in [-0.2, -0.15) is 0 Å². The summed E-state index contributed by atoms with van der Waals surface area (Å²) >= 11 is 1.58. The molecule has 0 saturated heterocycles. The first-order chi connectivity index (χ1) is 8.86. The van der Waals surface area contributed by atoms with Gasteiger partial charge in [-0.25, -0.2) is 8.42 Å². The standard InChI is InChI=1S/C14H15NO2S2/c1-10-9-12(5-8-14(10)15)18-11-3-6-13(7-4-11)19(2,16)17/h3-9H,15H2,1-2H3. The predicted octanol–water partition coefficient (Wildman–Crippen LogP) is 3.13. The molecule has 0 aliphatic heterocycles. The molecule has 3 nitrogen and oxygen atoms in total. The molecular formula is C14H15NO2S2. The van der Waals surface area contributed by atoms with Gasteiger partial charge in [-0.15, -0.1) is 0 Å². The molecule has 0 atom stereocenters. The van der Waals surface area contributed by atoms with Crippen molar-refractivity contribution >= 4 is 27.3 Å². The zero-order valence-corrected chi connectivity index (χ0v) is 12.4. The molecule has 0 aliphatic rings. The minimum Gasteiger partial charge on any atom is -0.399 e. The fraction of sp³-hybridized carbons (Fsp3) is 0.143. The Hall–Kier alpha value is -1.46. The van der Waals surface area contributed by atoms with Crippen LogP contribution in [0.5, 0.6) is 0 Å². The minimum atomic E-state index is -3.13. The summed E-state index contributed by atoms with van der Waals surface area (Å²) in [5.41, 5.74) is 7.59. The molecular weight excluding hydrogens is 278 g/mol. The molecule has 0 amide bonds. The van der Waals surface area contributed by atoms with Gasteiger partial charge in [0, 0.05) is 21.7 Å². The SMILES string of the molecule is Cc1cc(Sc2ccc(S(C)(=O)=O)cc2)ccc1N. The van der Waals surface area contributed by atoms with E-state index in [1.54, 1.807) is 23.9 Å². The Kier molecular flexibility index (Phi) is 3.87. The van der Waals surface area contributed by atoms with Gasteiger partial charge in [-0.1, -0.05) is 11.8 Å². The first-order valence-corrected chi connectivity index (χ1v) is 8.41. The minimum absolute atomic E-state index is 0.338. The zero-order chi connectivity index (χ0) is 14.0. The van der Waals surface area contributed by atoms with E-state index < -0.39 is 9.84 Å². The fourth-order valence-corrected chi connectivity index (χ4v) is 3.15. The van der Waals surface area contributed by atoms with Crippen LogP contribution in [-0.4, -0.2) is 14.7 Å². The lowest BCUT2D eigenvalue weighted by atomic mass is 10.2. The molecule has 5 heteroatoms. The Labute approximate surface area is 117 Å². The second-order valence-electron chi connectivity index (χ2n) is 4.36. The number of hydrogen-bond acceptors (Lipinski definition) is 4. The zero-order valence-electron chi connectivity index (χ0n) is 10.8. The maximum atomic E-state index is 11.4. The van der Waals surface area contributed by atoms with Crippen molar-refractivity contribution in [1.29, 1.82) is 0 Å². The van der Waals surface area contributed by atoms with E-state index in [0.29, 0.717) is 4.90 Å². The molecule has 0 fully saturated rings. The molecule has 0 radical (unpaired) electrons. The molecule has 0 bridgehead atoms. The highest BCUT2D eigenvalue weighted by Gasteiger charge is 2.06. The molecule has 2 rings (SSSR count). The summed E-state index contributed by atoms with van der Waals surface area (Å²) in [5.74, 6) is 0. The van der Waals surface area contributed by atoms with E-state index in [9.17, 15) is 8.42 Å². The Morgan fingerprint density at radius 1 is 1.00 bits per heavy atom. The van der Waals surface area contributed by atoms with Crippen LogP contribution in [0.1, 0.15) is 5.56 Å². The van der Waals surface area contributed by atoms with Crippen molar-refractivity contribution in [3.8, 4) is 0 Å². The van der Waals surface area contributed by atoms with Crippen molar-refractivity contribution < 1.29 is 8.42 Å². The van der Waals surface area contributed by atoms with E-state index in [0.717, 1.165) is 21.0 Å². The predicted molar refractivity (Wildman–Crippen MR) is 79.3 cm³/mol. The Balaban J connectivity index is 2.22. The highest BCUT2D eigenvalue weighted by Crippen LogP contribution is 2.30. The summed E-state index contributed by atoms with van der Waals surface area (Å²) in [5, 5.41) is 0. The lowest BCUT2D eigenvalue weighted by Gasteiger charge is -2.05. The van der Waals surface area contributed by atoms with Crippen LogP contribution in [0.3, 0.4) is 0 Å². The summed E-state index contributed by atoms with van der Waals surface area (Å²) in [6, 6.07) is 12.7. The van der Waals surface area contributed by atoms with E-state index in [4.69, 9.17) is 5.73 Å². The summed E-state index contributed by atoms with van der Waals surface area (Å²) in [6.07, 6.45) is 1.21. The van der Waals surface area contributed by atoms with Crippen molar-refractivity contribution in [3.05, 3.63) is 48.0 Å². The van der Waals surface area contributed by atoms with Gasteiger partial charge in [0.25, 0.3) is 0 Å². The van der Waals surface area contributed by atoms with Gasteiger partial charge < -0.3 is 5.73 Å². The monoisotopic (exact) mass is 293 g/mol. The molecule has 0 aliphatic carbocycles. The van der Waals surface area contributed by atoms with Gasteiger partial charge in [0.05, 0.1) is 4.90 Å².